The van der Waals surface area contributed by atoms with Crippen LogP contribution < -0.4 is 10.1 Å². The van der Waals surface area contributed by atoms with Gasteiger partial charge in [-0.15, -0.1) is 0 Å². The number of aryl methyl sites for hydroxylation is 1. The Morgan fingerprint density at radius 3 is 2.04 bits per heavy atom. The predicted octanol–water partition coefficient (Wildman–Crippen LogP) is 5.02. The molecule has 0 spiro atoms. The van der Waals surface area contributed by atoms with E-state index in [4.69, 9.17) is 12.8 Å². The monoisotopic (exact) mass is 680 g/mol. The minimum absolute atomic E-state index is 0.0109. The molecule has 3 aromatic carbocycles. The van der Waals surface area contributed by atoms with Crippen LogP contribution in [0.5, 0.6) is 5.75 Å². The molecule has 13 heteroatoms. The molecule has 0 aliphatic carbocycles. The molecule has 4 aromatic rings. The van der Waals surface area contributed by atoms with Crippen molar-refractivity contribution in [3.63, 3.8) is 0 Å². The standard InChI is InChI=1S/C35H38F2N4O4.O2S/c1-24-2-4-25(5-3-24)23-40-16-18-41(19-17-40)34(43)27-8-11-31-28(20-27)21-32(45-31)33(42)38-29-12-14-39(15-13-29)22-26-6-9-30(10-7-26)44-35(36)37;1-3-2/h2-11,20-21,29,35H,12-19,22-23H2,1H3,(H,38,42);. The Bertz CT molecular complexity index is 1710. The third kappa shape index (κ3) is 9.55. The lowest BCUT2D eigenvalue weighted by atomic mass is 10.0. The molecule has 0 unspecified atom stereocenters. The first-order chi connectivity index (χ1) is 23.2. The molecule has 0 radical (unpaired) electrons. The minimum atomic E-state index is -2.83. The second-order valence-corrected chi connectivity index (χ2v) is 12.2. The first-order valence-electron chi connectivity index (χ1n) is 15.8. The number of hydrogen-bond acceptors (Lipinski definition) is 8. The third-order valence-corrected chi connectivity index (χ3v) is 8.65. The average Bonchev–Trinajstić information content (AvgIpc) is 3.52. The van der Waals surface area contributed by atoms with Gasteiger partial charge in [-0.25, -0.2) is 0 Å². The first-order valence-corrected chi connectivity index (χ1v) is 16.5. The minimum Gasteiger partial charge on any atom is -0.451 e. The molecule has 10 nitrogen and oxygen atoms in total. The number of hydrogen-bond donors (Lipinski definition) is 1. The molecule has 0 atom stereocenters. The maximum atomic E-state index is 13.3. The Morgan fingerprint density at radius 1 is 0.854 bits per heavy atom. The maximum Gasteiger partial charge on any atom is 0.387 e. The highest BCUT2D eigenvalue weighted by Gasteiger charge is 2.25. The van der Waals surface area contributed by atoms with Crippen molar-refractivity contribution in [2.45, 2.75) is 45.5 Å². The van der Waals surface area contributed by atoms with Gasteiger partial charge in [0.2, 0.25) is 0 Å². The highest BCUT2D eigenvalue weighted by Crippen LogP contribution is 2.24. The van der Waals surface area contributed by atoms with E-state index in [9.17, 15) is 18.4 Å². The molecule has 0 bridgehead atoms. The number of piperazine rings is 1. The zero-order chi connectivity index (χ0) is 34.0. The van der Waals surface area contributed by atoms with Crippen molar-refractivity contribution in [1.82, 2.24) is 20.0 Å². The summed E-state index contributed by atoms with van der Waals surface area (Å²) < 4.78 is 51.6. The van der Waals surface area contributed by atoms with Crippen LogP contribution in [0.3, 0.4) is 0 Å². The van der Waals surface area contributed by atoms with Crippen LogP contribution in [-0.4, -0.2) is 86.9 Å². The van der Waals surface area contributed by atoms with Gasteiger partial charge in [-0.2, -0.15) is 17.2 Å². The molecule has 2 aliphatic heterocycles. The van der Waals surface area contributed by atoms with Crippen molar-refractivity contribution in [2.75, 3.05) is 39.3 Å². The van der Waals surface area contributed by atoms with E-state index in [0.29, 0.717) is 30.8 Å². The lowest BCUT2D eigenvalue weighted by Crippen LogP contribution is -2.48. The van der Waals surface area contributed by atoms with E-state index in [0.717, 1.165) is 56.5 Å². The molecule has 254 valence electrons. The number of rotatable bonds is 9. The van der Waals surface area contributed by atoms with Crippen molar-refractivity contribution in [2.24, 2.45) is 0 Å². The maximum absolute atomic E-state index is 13.3. The largest absolute Gasteiger partial charge is 0.451 e. The summed E-state index contributed by atoms with van der Waals surface area (Å²) in [5, 5.41) is 3.82. The SMILES string of the molecule is Cc1ccc(CN2CCN(C(=O)c3ccc4oc(C(=O)NC5CCN(Cc6ccc(OC(F)F)cc6)CC5)cc4c3)CC2)cc1.O=S=O. The summed E-state index contributed by atoms with van der Waals surface area (Å²) in [7, 11) is 0. The molecule has 6 rings (SSSR count). The van der Waals surface area contributed by atoms with Gasteiger partial charge < -0.3 is 19.4 Å². The van der Waals surface area contributed by atoms with Crippen molar-refractivity contribution < 1.29 is 35.9 Å². The van der Waals surface area contributed by atoms with Crippen LogP contribution in [0.1, 0.15) is 50.4 Å². The number of nitrogens with zero attached hydrogens (tertiary/aromatic N) is 3. The summed E-state index contributed by atoms with van der Waals surface area (Å²) in [5.41, 5.74) is 4.70. The molecule has 1 aromatic heterocycles. The van der Waals surface area contributed by atoms with Gasteiger partial charge in [0.25, 0.3) is 11.8 Å². The van der Waals surface area contributed by atoms with Gasteiger partial charge in [0.05, 0.1) is 0 Å². The predicted molar refractivity (Wildman–Crippen MR) is 176 cm³/mol. The van der Waals surface area contributed by atoms with Crippen LogP contribution >= 0.6 is 0 Å². The summed E-state index contributed by atoms with van der Waals surface area (Å²) in [6.45, 7) is 5.41. The first kappa shape index (κ1) is 34.9. The molecule has 2 aliphatic rings. The fourth-order valence-electron chi connectivity index (χ4n) is 6.06. The molecule has 1 N–H and O–H groups in total. The van der Waals surface area contributed by atoms with Crippen LogP contribution in [0.2, 0.25) is 0 Å². The van der Waals surface area contributed by atoms with Crippen molar-refractivity contribution >= 4 is 34.4 Å². The van der Waals surface area contributed by atoms with Crippen LogP contribution in [0.25, 0.3) is 11.0 Å². The number of amides is 2. The van der Waals surface area contributed by atoms with Crippen LogP contribution in [0.4, 0.5) is 8.78 Å². The molecule has 2 saturated heterocycles. The van der Waals surface area contributed by atoms with Crippen molar-refractivity contribution in [3.05, 3.63) is 101 Å². The van der Waals surface area contributed by atoms with Gasteiger partial charge in [0, 0.05) is 69.3 Å². The summed E-state index contributed by atoms with van der Waals surface area (Å²) in [4.78, 5) is 32.9. The van der Waals surface area contributed by atoms with Crippen LogP contribution in [0, 0.1) is 6.92 Å². The van der Waals surface area contributed by atoms with Crippen molar-refractivity contribution in [1.29, 1.82) is 0 Å². The molecule has 48 heavy (non-hydrogen) atoms. The van der Waals surface area contributed by atoms with Gasteiger partial charge in [0.15, 0.2) is 5.76 Å². The number of alkyl halides is 2. The molecule has 0 saturated carbocycles. The fourth-order valence-corrected chi connectivity index (χ4v) is 6.06. The lowest BCUT2D eigenvalue weighted by molar-refractivity contribution is -0.0498. The Balaban J connectivity index is 0.00000145. The summed E-state index contributed by atoms with van der Waals surface area (Å²) in [5.74, 6) is 0.0970. The van der Waals surface area contributed by atoms with Crippen molar-refractivity contribution in [3.8, 4) is 5.75 Å². The van der Waals surface area contributed by atoms with Gasteiger partial charge in [0.1, 0.15) is 11.3 Å². The molecular weight excluding hydrogens is 642 g/mol. The van der Waals surface area contributed by atoms with Crippen LogP contribution in [0.15, 0.2) is 77.2 Å². The Hall–Kier alpha value is -4.46. The Morgan fingerprint density at radius 2 is 1.44 bits per heavy atom. The summed E-state index contributed by atoms with van der Waals surface area (Å²) in [6, 6.07) is 22.3. The van der Waals surface area contributed by atoms with Gasteiger partial charge in [-0.05, 0) is 67.3 Å². The lowest BCUT2D eigenvalue weighted by Gasteiger charge is -2.34. The second kappa shape index (κ2) is 16.6. The Labute approximate surface area is 281 Å². The zero-order valence-corrected chi connectivity index (χ0v) is 27.4. The molecular formula is C35H38F2N4O6S. The van der Waals surface area contributed by atoms with E-state index in [1.54, 1.807) is 48.5 Å². The number of carbonyl (C=O) groups is 2. The van der Waals surface area contributed by atoms with E-state index < -0.39 is 18.2 Å². The number of ether oxygens (including phenoxy) is 1. The number of fused-ring (bicyclic) bond motifs is 1. The summed E-state index contributed by atoms with van der Waals surface area (Å²) >= 11 is -0.750. The molecule has 3 heterocycles. The highest BCUT2D eigenvalue weighted by atomic mass is 32.1. The van der Waals surface area contributed by atoms with Gasteiger partial charge in [-0.1, -0.05) is 42.0 Å². The molecule has 2 amide bonds. The van der Waals surface area contributed by atoms with E-state index in [-0.39, 0.29) is 29.4 Å². The van der Waals surface area contributed by atoms with E-state index >= 15 is 0 Å². The number of furan rings is 1. The zero-order valence-electron chi connectivity index (χ0n) is 26.6. The highest BCUT2D eigenvalue weighted by molar-refractivity contribution is 7.51. The number of nitrogens with one attached hydrogen (secondary N) is 1. The van der Waals surface area contributed by atoms with E-state index in [1.807, 2.05) is 4.90 Å². The number of carbonyl (C=O) groups excluding carboxylic acids is 2. The normalized spacial score (nSPS) is 16.0. The number of likely N-dealkylation sites (tertiary alicyclic amines) is 1. The van der Waals surface area contributed by atoms with Gasteiger partial charge >= 0.3 is 18.2 Å². The smallest absolute Gasteiger partial charge is 0.387 e. The topological polar surface area (TPSA) is 112 Å². The van der Waals surface area contributed by atoms with E-state index in [2.05, 4.69) is 51.0 Å². The Kier molecular flexibility index (Phi) is 12.0. The number of benzene rings is 3. The quantitative estimate of drug-likeness (QED) is 0.262. The summed E-state index contributed by atoms with van der Waals surface area (Å²) in [6.07, 6.45) is 1.57. The third-order valence-electron chi connectivity index (χ3n) is 8.65. The molecule has 2 fully saturated rings. The van der Waals surface area contributed by atoms with Crippen LogP contribution in [-0.2, 0) is 24.7 Å². The fraction of sp³-hybridized carbons (Fsp3) is 0.371. The van der Waals surface area contributed by atoms with Gasteiger partial charge in [-0.3, -0.25) is 19.4 Å². The average molecular weight is 681 g/mol. The number of piperidine rings is 1. The van der Waals surface area contributed by atoms with E-state index in [1.165, 1.54) is 11.1 Å². The second-order valence-electron chi connectivity index (χ2n) is 12.0. The number of halogens is 2.